The van der Waals surface area contributed by atoms with E-state index in [2.05, 4.69) is 5.32 Å². The van der Waals surface area contributed by atoms with Gasteiger partial charge in [-0.25, -0.2) is 0 Å². The topological polar surface area (TPSA) is 49.4 Å². The van der Waals surface area contributed by atoms with Gasteiger partial charge in [0, 0.05) is 19.0 Å². The monoisotopic (exact) mass is 170 g/mol. The lowest BCUT2D eigenvalue weighted by atomic mass is 10.1. The molecule has 0 aromatic rings. The van der Waals surface area contributed by atoms with Gasteiger partial charge in [0.2, 0.25) is 5.91 Å². The summed E-state index contributed by atoms with van der Waals surface area (Å²) in [7, 11) is 1.88. The van der Waals surface area contributed by atoms with E-state index in [-0.39, 0.29) is 17.7 Å². The zero-order chi connectivity index (χ0) is 9.14. The Bertz CT molecular complexity index is 201. The van der Waals surface area contributed by atoms with Crippen LogP contribution in [0.5, 0.6) is 0 Å². The maximum Gasteiger partial charge on any atom is 0.234 e. The van der Waals surface area contributed by atoms with E-state index in [1.165, 1.54) is 0 Å². The van der Waals surface area contributed by atoms with Crippen LogP contribution in [0.1, 0.15) is 13.3 Å². The quantitative estimate of drug-likeness (QED) is 0.602. The average Bonchev–Trinajstić information content (AvgIpc) is 1.81. The van der Waals surface area contributed by atoms with Gasteiger partial charge in [-0.1, -0.05) is 0 Å². The van der Waals surface area contributed by atoms with Crippen molar-refractivity contribution in [1.82, 2.24) is 10.2 Å². The smallest absolute Gasteiger partial charge is 0.234 e. The number of carbonyl (C=O) groups excluding carboxylic acids is 2. The SMILES string of the molecule is CC(=O)C[C@H]1CN(C)CC(=O)N1. The molecule has 0 aromatic carbocycles. The van der Waals surface area contributed by atoms with E-state index in [1.807, 2.05) is 11.9 Å². The zero-order valence-electron chi connectivity index (χ0n) is 7.46. The summed E-state index contributed by atoms with van der Waals surface area (Å²) in [5, 5.41) is 2.78. The van der Waals surface area contributed by atoms with Crippen LogP contribution in [0.25, 0.3) is 0 Å². The number of piperazine rings is 1. The molecule has 12 heavy (non-hydrogen) atoms. The normalized spacial score (nSPS) is 25.2. The van der Waals surface area contributed by atoms with Gasteiger partial charge in [0.1, 0.15) is 5.78 Å². The van der Waals surface area contributed by atoms with E-state index in [4.69, 9.17) is 0 Å². The molecule has 0 bridgehead atoms. The van der Waals surface area contributed by atoms with Crippen LogP contribution in [0.15, 0.2) is 0 Å². The summed E-state index contributed by atoms with van der Waals surface area (Å²) in [5.74, 6) is 0.130. The van der Waals surface area contributed by atoms with Crippen molar-refractivity contribution in [2.75, 3.05) is 20.1 Å². The molecule has 1 heterocycles. The Kier molecular flexibility index (Phi) is 2.81. The summed E-state index contributed by atoms with van der Waals surface area (Å²) in [4.78, 5) is 23.7. The molecule has 68 valence electrons. The summed E-state index contributed by atoms with van der Waals surface area (Å²) >= 11 is 0. The van der Waals surface area contributed by atoms with E-state index in [0.717, 1.165) is 6.54 Å². The lowest BCUT2D eigenvalue weighted by molar-refractivity contribution is -0.125. The Labute approximate surface area is 71.9 Å². The molecule has 1 N–H and O–H groups in total. The molecule has 1 aliphatic rings. The first-order chi connectivity index (χ1) is 5.58. The Hall–Kier alpha value is -0.900. The molecule has 4 heteroatoms. The number of nitrogens with one attached hydrogen (secondary N) is 1. The van der Waals surface area contributed by atoms with Gasteiger partial charge in [0.15, 0.2) is 0 Å². The number of ketones is 1. The number of nitrogens with zero attached hydrogens (tertiary/aromatic N) is 1. The number of Topliss-reactive ketones (excluding diaryl/α,β-unsaturated/α-hetero) is 1. The molecule has 0 spiro atoms. The molecular formula is C8H14N2O2. The van der Waals surface area contributed by atoms with Crippen LogP contribution in [-0.4, -0.2) is 42.8 Å². The fourth-order valence-electron chi connectivity index (χ4n) is 1.47. The van der Waals surface area contributed by atoms with Crippen LogP contribution >= 0.6 is 0 Å². The van der Waals surface area contributed by atoms with Crippen molar-refractivity contribution in [3.05, 3.63) is 0 Å². The minimum absolute atomic E-state index is 0.00810. The first-order valence-electron chi connectivity index (χ1n) is 4.05. The minimum atomic E-state index is 0.00810. The van der Waals surface area contributed by atoms with Crippen molar-refractivity contribution < 1.29 is 9.59 Å². The molecule has 0 unspecified atom stereocenters. The van der Waals surface area contributed by atoms with Gasteiger partial charge in [-0.3, -0.25) is 14.5 Å². The van der Waals surface area contributed by atoms with E-state index in [0.29, 0.717) is 13.0 Å². The third-order valence-electron chi connectivity index (χ3n) is 1.84. The fourth-order valence-corrected chi connectivity index (χ4v) is 1.47. The number of hydrogen-bond donors (Lipinski definition) is 1. The van der Waals surface area contributed by atoms with Crippen molar-refractivity contribution in [2.45, 2.75) is 19.4 Å². The third-order valence-corrected chi connectivity index (χ3v) is 1.84. The van der Waals surface area contributed by atoms with E-state index >= 15 is 0 Å². The molecule has 0 aromatic heterocycles. The fraction of sp³-hybridized carbons (Fsp3) is 0.750. The minimum Gasteiger partial charge on any atom is -0.351 e. The number of hydrogen-bond acceptors (Lipinski definition) is 3. The van der Waals surface area contributed by atoms with Crippen LogP contribution in [0, 0.1) is 0 Å². The second-order valence-corrected chi connectivity index (χ2v) is 3.37. The van der Waals surface area contributed by atoms with Crippen molar-refractivity contribution in [3.63, 3.8) is 0 Å². The summed E-state index contributed by atoms with van der Waals surface area (Å²) in [6, 6.07) is 0.00810. The Balaban J connectivity index is 2.44. The van der Waals surface area contributed by atoms with Crippen molar-refractivity contribution in [2.24, 2.45) is 0 Å². The standard InChI is InChI=1S/C8H14N2O2/c1-6(11)3-7-4-10(2)5-8(12)9-7/h7H,3-5H2,1-2H3,(H,9,12)/t7-/m0/s1. The molecule has 0 radical (unpaired) electrons. The third kappa shape index (κ3) is 2.62. The highest BCUT2D eigenvalue weighted by molar-refractivity contribution is 5.81. The number of likely N-dealkylation sites (N-methyl/N-ethyl adjacent to an activating group) is 1. The number of amides is 1. The van der Waals surface area contributed by atoms with Crippen LogP contribution < -0.4 is 5.32 Å². The molecule has 0 saturated carbocycles. The maximum absolute atomic E-state index is 11.0. The molecular weight excluding hydrogens is 156 g/mol. The van der Waals surface area contributed by atoms with Gasteiger partial charge >= 0.3 is 0 Å². The van der Waals surface area contributed by atoms with Gasteiger partial charge in [0.25, 0.3) is 0 Å². The molecule has 0 aliphatic carbocycles. The van der Waals surface area contributed by atoms with E-state index < -0.39 is 0 Å². The Morgan fingerprint density at radius 1 is 1.75 bits per heavy atom. The highest BCUT2D eigenvalue weighted by Crippen LogP contribution is 2.01. The zero-order valence-corrected chi connectivity index (χ0v) is 7.46. The van der Waals surface area contributed by atoms with Gasteiger partial charge in [-0.15, -0.1) is 0 Å². The van der Waals surface area contributed by atoms with Gasteiger partial charge < -0.3 is 5.32 Å². The second kappa shape index (κ2) is 3.67. The van der Waals surface area contributed by atoms with Crippen LogP contribution in [0.3, 0.4) is 0 Å². The summed E-state index contributed by atoms with van der Waals surface area (Å²) in [6.45, 7) is 2.75. The molecule has 1 fully saturated rings. The molecule has 1 aliphatic heterocycles. The summed E-state index contributed by atoms with van der Waals surface area (Å²) in [5.41, 5.74) is 0. The van der Waals surface area contributed by atoms with Gasteiger partial charge in [0.05, 0.1) is 6.54 Å². The summed E-state index contributed by atoms with van der Waals surface area (Å²) < 4.78 is 0. The predicted molar refractivity (Wildman–Crippen MR) is 44.7 cm³/mol. The van der Waals surface area contributed by atoms with Crippen molar-refractivity contribution >= 4 is 11.7 Å². The molecule has 4 nitrogen and oxygen atoms in total. The average molecular weight is 170 g/mol. The largest absolute Gasteiger partial charge is 0.351 e. The Morgan fingerprint density at radius 2 is 2.42 bits per heavy atom. The summed E-state index contributed by atoms with van der Waals surface area (Å²) in [6.07, 6.45) is 0.441. The lowest BCUT2D eigenvalue weighted by Gasteiger charge is -2.29. The van der Waals surface area contributed by atoms with Gasteiger partial charge in [-0.05, 0) is 14.0 Å². The number of rotatable bonds is 2. The molecule has 1 rings (SSSR count). The van der Waals surface area contributed by atoms with Crippen molar-refractivity contribution in [3.8, 4) is 0 Å². The lowest BCUT2D eigenvalue weighted by Crippen LogP contribution is -2.53. The second-order valence-electron chi connectivity index (χ2n) is 3.37. The first kappa shape index (κ1) is 9.19. The highest BCUT2D eigenvalue weighted by Gasteiger charge is 2.22. The van der Waals surface area contributed by atoms with Crippen molar-refractivity contribution in [1.29, 1.82) is 0 Å². The van der Waals surface area contributed by atoms with E-state index in [9.17, 15) is 9.59 Å². The number of carbonyl (C=O) groups is 2. The predicted octanol–water partition coefficient (Wildman–Crippen LogP) is -0.604. The van der Waals surface area contributed by atoms with Gasteiger partial charge in [-0.2, -0.15) is 0 Å². The molecule has 1 atom stereocenters. The maximum atomic E-state index is 11.0. The Morgan fingerprint density at radius 3 is 2.92 bits per heavy atom. The first-order valence-corrected chi connectivity index (χ1v) is 4.05. The van der Waals surface area contributed by atoms with Crippen LogP contribution in [-0.2, 0) is 9.59 Å². The van der Waals surface area contributed by atoms with Crippen LogP contribution in [0.4, 0.5) is 0 Å². The highest BCUT2D eigenvalue weighted by atomic mass is 16.2. The van der Waals surface area contributed by atoms with Crippen LogP contribution in [0.2, 0.25) is 0 Å². The molecule has 1 saturated heterocycles. The molecule has 1 amide bonds. The van der Waals surface area contributed by atoms with E-state index in [1.54, 1.807) is 6.92 Å².